The first-order valence-electron chi connectivity index (χ1n) is 8.62. The van der Waals surface area contributed by atoms with E-state index in [9.17, 15) is 4.79 Å². The maximum absolute atomic E-state index is 12.3. The van der Waals surface area contributed by atoms with Crippen molar-refractivity contribution in [3.8, 4) is 11.3 Å². The van der Waals surface area contributed by atoms with E-state index in [0.29, 0.717) is 0 Å². The lowest BCUT2D eigenvalue weighted by atomic mass is 9.79. The van der Waals surface area contributed by atoms with E-state index in [-0.39, 0.29) is 30.0 Å². The minimum atomic E-state index is -0.186. The zero-order valence-electron chi connectivity index (χ0n) is 14.1. The summed E-state index contributed by atoms with van der Waals surface area (Å²) in [5.74, 6) is -0.141. The van der Waals surface area contributed by atoms with Crippen molar-refractivity contribution in [2.75, 3.05) is 7.11 Å². The van der Waals surface area contributed by atoms with Crippen molar-refractivity contribution in [3.63, 3.8) is 0 Å². The zero-order valence-corrected chi connectivity index (χ0v) is 14.1. The first-order valence-corrected chi connectivity index (χ1v) is 8.62. The quantitative estimate of drug-likeness (QED) is 0.811. The van der Waals surface area contributed by atoms with Crippen molar-refractivity contribution in [1.82, 2.24) is 4.57 Å². The van der Waals surface area contributed by atoms with E-state index in [4.69, 9.17) is 9.47 Å². The molecule has 126 valence electrons. The van der Waals surface area contributed by atoms with Crippen LogP contribution in [0, 0.1) is 5.92 Å². The number of carbonyl (C=O) groups is 1. The number of hydrogen-bond acceptors (Lipinski definition) is 3. The molecular formula is C20H23NO3. The topological polar surface area (TPSA) is 40.5 Å². The summed E-state index contributed by atoms with van der Waals surface area (Å²) in [6, 6.07) is 12.8. The third-order valence-corrected chi connectivity index (χ3v) is 5.54. The molecule has 0 saturated carbocycles. The Morgan fingerprint density at radius 3 is 2.67 bits per heavy atom. The molecular weight excluding hydrogens is 302 g/mol. The highest BCUT2D eigenvalue weighted by molar-refractivity contribution is 5.75. The molecule has 1 aromatic carbocycles. The second kappa shape index (κ2) is 6.10. The molecule has 3 heterocycles. The smallest absolute Gasteiger partial charge is 0.311 e. The first kappa shape index (κ1) is 15.5. The van der Waals surface area contributed by atoms with Crippen molar-refractivity contribution in [1.29, 1.82) is 0 Å². The van der Waals surface area contributed by atoms with E-state index in [1.54, 1.807) is 0 Å². The number of nitrogens with zero attached hydrogens (tertiary/aromatic N) is 1. The van der Waals surface area contributed by atoms with Crippen LogP contribution in [0.3, 0.4) is 0 Å². The van der Waals surface area contributed by atoms with Crippen LogP contribution in [0.25, 0.3) is 11.3 Å². The molecule has 4 atom stereocenters. The van der Waals surface area contributed by atoms with Crippen LogP contribution in [0.5, 0.6) is 0 Å². The van der Waals surface area contributed by atoms with Gasteiger partial charge >= 0.3 is 5.97 Å². The van der Waals surface area contributed by atoms with Crippen LogP contribution in [0.1, 0.15) is 30.7 Å². The minimum absolute atomic E-state index is 0.00810. The number of esters is 1. The van der Waals surface area contributed by atoms with Gasteiger partial charge in [-0.15, -0.1) is 0 Å². The van der Waals surface area contributed by atoms with Gasteiger partial charge in [-0.2, -0.15) is 0 Å². The van der Waals surface area contributed by atoms with E-state index in [2.05, 4.69) is 34.9 Å². The fourth-order valence-corrected chi connectivity index (χ4v) is 4.32. The first-order chi connectivity index (χ1) is 11.7. The van der Waals surface area contributed by atoms with Crippen LogP contribution in [-0.2, 0) is 21.3 Å². The summed E-state index contributed by atoms with van der Waals surface area (Å²) in [6.45, 7) is 0. The summed E-state index contributed by atoms with van der Waals surface area (Å²) in [7, 11) is 3.52. The van der Waals surface area contributed by atoms with Crippen LogP contribution in [0.15, 0.2) is 42.6 Å². The number of fused-ring (bicyclic) bond motifs is 2. The van der Waals surface area contributed by atoms with E-state index in [0.717, 1.165) is 19.3 Å². The van der Waals surface area contributed by atoms with Gasteiger partial charge in [0.05, 0.1) is 25.2 Å². The summed E-state index contributed by atoms with van der Waals surface area (Å²) in [4.78, 5) is 12.3. The van der Waals surface area contributed by atoms with E-state index in [1.165, 1.54) is 23.9 Å². The molecule has 2 saturated heterocycles. The molecule has 2 fully saturated rings. The highest BCUT2D eigenvalue weighted by Gasteiger charge is 2.47. The molecule has 2 aliphatic rings. The molecule has 4 nitrogen and oxygen atoms in total. The van der Waals surface area contributed by atoms with Crippen molar-refractivity contribution in [2.45, 2.75) is 37.4 Å². The van der Waals surface area contributed by atoms with Crippen LogP contribution < -0.4 is 0 Å². The Hall–Kier alpha value is -2.07. The fourth-order valence-electron chi connectivity index (χ4n) is 4.32. The third kappa shape index (κ3) is 2.55. The molecule has 2 aliphatic heterocycles. The molecule has 0 spiro atoms. The predicted molar refractivity (Wildman–Crippen MR) is 91.6 cm³/mol. The van der Waals surface area contributed by atoms with Gasteiger partial charge in [0.25, 0.3) is 0 Å². The third-order valence-electron chi connectivity index (χ3n) is 5.54. The molecule has 2 aromatic rings. The van der Waals surface area contributed by atoms with E-state index in [1.807, 2.05) is 19.3 Å². The number of rotatable bonds is 3. The molecule has 0 radical (unpaired) electrons. The number of hydrogen-bond donors (Lipinski definition) is 0. The van der Waals surface area contributed by atoms with Gasteiger partial charge in [-0.3, -0.25) is 4.79 Å². The number of aryl methyl sites for hydroxylation is 1. The van der Waals surface area contributed by atoms with Crippen molar-refractivity contribution >= 4 is 5.97 Å². The van der Waals surface area contributed by atoms with E-state index >= 15 is 0 Å². The minimum Gasteiger partial charge on any atom is -0.469 e. The molecule has 0 aliphatic carbocycles. The Kier molecular flexibility index (Phi) is 3.93. The normalized spacial score (nSPS) is 28.8. The monoisotopic (exact) mass is 325 g/mol. The van der Waals surface area contributed by atoms with E-state index < -0.39 is 0 Å². The highest BCUT2D eigenvalue weighted by atomic mass is 16.5. The lowest BCUT2D eigenvalue weighted by Gasteiger charge is -2.35. The Morgan fingerprint density at radius 1 is 1.21 bits per heavy atom. The average molecular weight is 325 g/mol. The Balaban J connectivity index is 1.64. The van der Waals surface area contributed by atoms with Crippen LogP contribution in [-0.4, -0.2) is 29.9 Å². The van der Waals surface area contributed by atoms with Gasteiger partial charge in [-0.25, -0.2) is 0 Å². The van der Waals surface area contributed by atoms with Gasteiger partial charge in [0.1, 0.15) is 0 Å². The van der Waals surface area contributed by atoms with Crippen LogP contribution in [0.2, 0.25) is 0 Å². The number of carbonyl (C=O) groups excluding carboxylic acids is 1. The Labute approximate surface area is 142 Å². The largest absolute Gasteiger partial charge is 0.469 e. The molecule has 24 heavy (non-hydrogen) atoms. The molecule has 0 amide bonds. The molecule has 0 N–H and O–H groups in total. The lowest BCUT2D eigenvalue weighted by Crippen LogP contribution is -2.39. The maximum atomic E-state index is 12.3. The zero-order chi connectivity index (χ0) is 16.7. The maximum Gasteiger partial charge on any atom is 0.311 e. The molecule has 2 bridgehead atoms. The lowest BCUT2D eigenvalue weighted by molar-refractivity contribution is -0.156. The second-order valence-corrected chi connectivity index (χ2v) is 6.89. The standard InChI is InChI=1S/C20H23NO3/c1-21-11-3-4-17(21)14-7-5-13(6-8-14)16-12-15-9-10-18(24-15)19(16)20(22)23-2/h3-8,11,15-16,18-19H,9-10,12H2,1-2H3/t15?,16-,18?,19+/m1/s1. The van der Waals surface area contributed by atoms with Crippen molar-refractivity contribution < 1.29 is 14.3 Å². The van der Waals surface area contributed by atoms with Gasteiger partial charge in [-0.1, -0.05) is 24.3 Å². The molecule has 1 aromatic heterocycles. The number of benzene rings is 1. The van der Waals surface area contributed by atoms with Crippen LogP contribution >= 0.6 is 0 Å². The highest BCUT2D eigenvalue weighted by Crippen LogP contribution is 2.45. The molecule has 4 heteroatoms. The summed E-state index contributed by atoms with van der Waals surface area (Å²) < 4.78 is 13.2. The van der Waals surface area contributed by atoms with Gasteiger partial charge in [0.15, 0.2) is 0 Å². The fraction of sp³-hybridized carbons (Fsp3) is 0.450. The SMILES string of the molecule is COC(=O)[C@@H]1C2CCC(C[C@@H]1c1ccc(-c3cccn3C)cc1)O2. The Morgan fingerprint density at radius 2 is 2.00 bits per heavy atom. The van der Waals surface area contributed by atoms with Gasteiger partial charge in [0, 0.05) is 24.9 Å². The second-order valence-electron chi connectivity index (χ2n) is 6.89. The van der Waals surface area contributed by atoms with Gasteiger partial charge < -0.3 is 14.0 Å². The summed E-state index contributed by atoms with van der Waals surface area (Å²) in [6.07, 6.45) is 5.26. The average Bonchev–Trinajstić information content (AvgIpc) is 3.20. The predicted octanol–water partition coefficient (Wildman–Crippen LogP) is 3.52. The number of ether oxygens (including phenoxy) is 2. The Bertz CT molecular complexity index is 734. The van der Waals surface area contributed by atoms with Crippen molar-refractivity contribution in [2.24, 2.45) is 13.0 Å². The summed E-state index contributed by atoms with van der Waals surface area (Å²) >= 11 is 0. The summed E-state index contributed by atoms with van der Waals surface area (Å²) in [5.41, 5.74) is 3.59. The van der Waals surface area contributed by atoms with Crippen LogP contribution in [0.4, 0.5) is 0 Å². The number of methoxy groups -OCH3 is 1. The van der Waals surface area contributed by atoms with Gasteiger partial charge in [-0.05, 0) is 42.5 Å². The molecule has 4 rings (SSSR count). The summed E-state index contributed by atoms with van der Waals surface area (Å²) in [5, 5.41) is 0. The molecule has 2 unspecified atom stereocenters. The number of aromatic nitrogens is 1. The van der Waals surface area contributed by atoms with Gasteiger partial charge in [0.2, 0.25) is 0 Å². The van der Waals surface area contributed by atoms with Crippen molar-refractivity contribution in [3.05, 3.63) is 48.2 Å².